The SMILES string of the molecule is c1ccc(-c2ccccc2N(c2ccc(-c3ccc4ccc5ccc6ccccc6c5c4c3)cc2)c2ccc3oc4ccccc4c3c2)cc1. The number of para-hydroxylation sites is 2. The van der Waals surface area contributed by atoms with Crippen molar-refractivity contribution >= 4 is 71.3 Å². The van der Waals surface area contributed by atoms with E-state index in [9.17, 15) is 0 Å². The normalized spacial score (nSPS) is 11.6. The van der Waals surface area contributed by atoms with E-state index in [1.54, 1.807) is 0 Å². The zero-order valence-corrected chi connectivity index (χ0v) is 27.3. The summed E-state index contributed by atoms with van der Waals surface area (Å²) in [6.07, 6.45) is 0. The Morgan fingerprint density at radius 2 is 0.960 bits per heavy atom. The molecular formula is C48H31NO. The second-order valence-electron chi connectivity index (χ2n) is 12.9. The van der Waals surface area contributed by atoms with E-state index in [4.69, 9.17) is 4.42 Å². The molecule has 50 heavy (non-hydrogen) atoms. The van der Waals surface area contributed by atoms with Gasteiger partial charge in [-0.15, -0.1) is 0 Å². The third kappa shape index (κ3) is 4.65. The highest BCUT2D eigenvalue weighted by atomic mass is 16.3. The van der Waals surface area contributed by atoms with Crippen LogP contribution in [0.5, 0.6) is 0 Å². The van der Waals surface area contributed by atoms with E-state index in [0.717, 1.165) is 39.0 Å². The first-order valence-corrected chi connectivity index (χ1v) is 17.1. The van der Waals surface area contributed by atoms with Gasteiger partial charge in [-0.2, -0.15) is 0 Å². The maximum Gasteiger partial charge on any atom is 0.135 e. The fourth-order valence-electron chi connectivity index (χ4n) is 7.62. The lowest BCUT2D eigenvalue weighted by Gasteiger charge is -2.28. The van der Waals surface area contributed by atoms with Gasteiger partial charge in [0.1, 0.15) is 11.2 Å². The number of rotatable bonds is 5. The first-order chi connectivity index (χ1) is 24.8. The van der Waals surface area contributed by atoms with E-state index >= 15 is 0 Å². The van der Waals surface area contributed by atoms with Crippen LogP contribution in [0.25, 0.3) is 76.5 Å². The molecule has 0 spiro atoms. The van der Waals surface area contributed by atoms with Crippen LogP contribution in [0, 0.1) is 0 Å². The minimum absolute atomic E-state index is 0.887. The van der Waals surface area contributed by atoms with Crippen LogP contribution in [0.1, 0.15) is 0 Å². The molecule has 0 atom stereocenters. The molecule has 0 saturated heterocycles. The Balaban J connectivity index is 1.13. The molecule has 10 rings (SSSR count). The summed E-state index contributed by atoms with van der Waals surface area (Å²) in [6, 6.07) is 67.6. The van der Waals surface area contributed by atoms with Gasteiger partial charge in [-0.3, -0.25) is 0 Å². The Hall–Kier alpha value is -6.64. The first-order valence-electron chi connectivity index (χ1n) is 17.1. The molecule has 2 heteroatoms. The van der Waals surface area contributed by atoms with Crippen molar-refractivity contribution in [1.29, 1.82) is 0 Å². The molecule has 2 nitrogen and oxygen atoms in total. The van der Waals surface area contributed by atoms with Gasteiger partial charge in [-0.05, 0) is 97.5 Å². The molecule has 0 N–H and O–H groups in total. The Bertz CT molecular complexity index is 2860. The van der Waals surface area contributed by atoms with Crippen LogP contribution in [-0.4, -0.2) is 0 Å². The molecule has 0 bridgehead atoms. The van der Waals surface area contributed by atoms with E-state index < -0.39 is 0 Å². The van der Waals surface area contributed by atoms with Crippen molar-refractivity contribution < 1.29 is 4.42 Å². The van der Waals surface area contributed by atoms with E-state index in [2.05, 4.69) is 181 Å². The Labute approximate surface area is 290 Å². The van der Waals surface area contributed by atoms with Crippen molar-refractivity contribution in [3.8, 4) is 22.3 Å². The Kier molecular flexibility index (Phi) is 6.53. The summed E-state index contributed by atoms with van der Waals surface area (Å²) in [5, 5.41) is 9.88. The number of furan rings is 1. The molecule has 10 aromatic rings. The molecule has 0 fully saturated rings. The number of benzene rings is 9. The summed E-state index contributed by atoms with van der Waals surface area (Å²) in [4.78, 5) is 2.37. The summed E-state index contributed by atoms with van der Waals surface area (Å²) >= 11 is 0. The van der Waals surface area contributed by atoms with Crippen LogP contribution in [0.4, 0.5) is 17.1 Å². The summed E-state index contributed by atoms with van der Waals surface area (Å²) in [5.41, 5.74) is 9.79. The summed E-state index contributed by atoms with van der Waals surface area (Å²) < 4.78 is 6.22. The lowest BCUT2D eigenvalue weighted by atomic mass is 9.94. The van der Waals surface area contributed by atoms with E-state index in [1.165, 1.54) is 54.6 Å². The van der Waals surface area contributed by atoms with E-state index in [-0.39, 0.29) is 0 Å². The van der Waals surface area contributed by atoms with Crippen LogP contribution < -0.4 is 4.90 Å². The molecule has 0 saturated carbocycles. The topological polar surface area (TPSA) is 16.4 Å². The van der Waals surface area contributed by atoms with E-state index in [0.29, 0.717) is 0 Å². The smallest absolute Gasteiger partial charge is 0.135 e. The van der Waals surface area contributed by atoms with Crippen LogP contribution in [0.15, 0.2) is 192 Å². The van der Waals surface area contributed by atoms with Crippen LogP contribution in [-0.2, 0) is 0 Å². The highest BCUT2D eigenvalue weighted by molar-refractivity contribution is 6.20. The minimum atomic E-state index is 0.887. The second-order valence-corrected chi connectivity index (χ2v) is 12.9. The zero-order valence-electron chi connectivity index (χ0n) is 27.3. The maximum absolute atomic E-state index is 6.22. The van der Waals surface area contributed by atoms with Gasteiger partial charge in [0.05, 0.1) is 5.69 Å². The molecule has 0 aliphatic heterocycles. The third-order valence-corrected chi connectivity index (χ3v) is 10.0. The molecule has 0 unspecified atom stereocenters. The first kappa shape index (κ1) is 28.4. The predicted octanol–water partition coefficient (Wildman–Crippen LogP) is 13.8. The van der Waals surface area contributed by atoms with Crippen LogP contribution in [0.3, 0.4) is 0 Å². The number of hydrogen-bond donors (Lipinski definition) is 0. The predicted molar refractivity (Wildman–Crippen MR) is 212 cm³/mol. The van der Waals surface area contributed by atoms with Crippen LogP contribution >= 0.6 is 0 Å². The Morgan fingerprint density at radius 1 is 0.340 bits per heavy atom. The van der Waals surface area contributed by atoms with Gasteiger partial charge in [0.15, 0.2) is 0 Å². The molecule has 0 amide bonds. The average Bonchev–Trinajstić information content (AvgIpc) is 3.56. The molecule has 1 aromatic heterocycles. The third-order valence-electron chi connectivity index (χ3n) is 10.0. The fraction of sp³-hybridized carbons (Fsp3) is 0. The van der Waals surface area contributed by atoms with Crippen molar-refractivity contribution in [1.82, 2.24) is 0 Å². The van der Waals surface area contributed by atoms with Crippen molar-refractivity contribution in [2.45, 2.75) is 0 Å². The maximum atomic E-state index is 6.22. The Morgan fingerprint density at radius 3 is 1.82 bits per heavy atom. The quantitative estimate of drug-likeness (QED) is 0.175. The van der Waals surface area contributed by atoms with Gasteiger partial charge in [0.2, 0.25) is 0 Å². The van der Waals surface area contributed by atoms with Gasteiger partial charge in [-0.1, -0.05) is 140 Å². The second kappa shape index (κ2) is 11.5. The van der Waals surface area contributed by atoms with Crippen molar-refractivity contribution in [3.05, 3.63) is 188 Å². The van der Waals surface area contributed by atoms with Crippen molar-refractivity contribution in [2.75, 3.05) is 4.90 Å². The number of fused-ring (bicyclic) bond motifs is 8. The van der Waals surface area contributed by atoms with Gasteiger partial charge in [0.25, 0.3) is 0 Å². The fourth-order valence-corrected chi connectivity index (χ4v) is 7.62. The van der Waals surface area contributed by atoms with Crippen molar-refractivity contribution in [3.63, 3.8) is 0 Å². The number of nitrogens with zero attached hydrogens (tertiary/aromatic N) is 1. The van der Waals surface area contributed by atoms with E-state index in [1.807, 2.05) is 12.1 Å². The largest absolute Gasteiger partial charge is 0.456 e. The van der Waals surface area contributed by atoms with Crippen LogP contribution in [0.2, 0.25) is 0 Å². The van der Waals surface area contributed by atoms with Gasteiger partial charge in [-0.25, -0.2) is 0 Å². The van der Waals surface area contributed by atoms with Crippen molar-refractivity contribution in [2.24, 2.45) is 0 Å². The number of hydrogen-bond acceptors (Lipinski definition) is 2. The lowest BCUT2D eigenvalue weighted by Crippen LogP contribution is -2.11. The molecule has 0 aliphatic rings. The summed E-state index contributed by atoms with van der Waals surface area (Å²) in [6.45, 7) is 0. The van der Waals surface area contributed by atoms with Gasteiger partial charge >= 0.3 is 0 Å². The monoisotopic (exact) mass is 637 g/mol. The molecule has 0 aliphatic carbocycles. The average molecular weight is 638 g/mol. The minimum Gasteiger partial charge on any atom is -0.456 e. The molecule has 9 aromatic carbocycles. The molecule has 0 radical (unpaired) electrons. The zero-order chi connectivity index (χ0) is 33.0. The standard InChI is InChI=1S/C48H31NO/c1-2-10-33(11-3-1)40-13-6-8-16-45(40)49(39-28-29-47-44(31-39)42-15-7-9-17-46(42)50-47)38-26-24-32(25-27-38)37-23-20-35-19-22-36-21-18-34-12-4-5-14-41(34)48(36)43(35)30-37/h1-31H. The highest BCUT2D eigenvalue weighted by Gasteiger charge is 2.19. The lowest BCUT2D eigenvalue weighted by molar-refractivity contribution is 0.669. The molecular weight excluding hydrogens is 607 g/mol. The molecule has 1 heterocycles. The summed E-state index contributed by atoms with van der Waals surface area (Å²) in [7, 11) is 0. The summed E-state index contributed by atoms with van der Waals surface area (Å²) in [5.74, 6) is 0. The number of anilines is 3. The molecule has 234 valence electrons. The van der Waals surface area contributed by atoms with Gasteiger partial charge < -0.3 is 9.32 Å². The highest BCUT2D eigenvalue weighted by Crippen LogP contribution is 2.43. The van der Waals surface area contributed by atoms with Gasteiger partial charge in [0, 0.05) is 27.7 Å².